The zero-order chi connectivity index (χ0) is 13.1. The second-order valence-corrected chi connectivity index (χ2v) is 8.36. The molecule has 0 aliphatic heterocycles. The average molecular weight is 342 g/mol. The van der Waals surface area contributed by atoms with Crippen LogP contribution in [0.25, 0.3) is 0 Å². The third-order valence-corrected chi connectivity index (χ3v) is 6.38. The molecule has 0 bridgehead atoms. The summed E-state index contributed by atoms with van der Waals surface area (Å²) < 4.78 is 27.5. The monoisotopic (exact) mass is 341 g/mol. The maximum Gasteiger partial charge on any atom is 0.250 e. The molecule has 1 aromatic heterocycles. The fourth-order valence-corrected chi connectivity index (χ4v) is 4.64. The van der Waals surface area contributed by atoms with Crippen LogP contribution in [0.4, 0.5) is 0 Å². The van der Waals surface area contributed by atoms with Crippen LogP contribution in [0.5, 0.6) is 0 Å². The van der Waals surface area contributed by atoms with Gasteiger partial charge in [0.25, 0.3) is 0 Å². The van der Waals surface area contributed by atoms with Crippen LogP contribution in [0.2, 0.25) is 0 Å². The largest absolute Gasteiger partial charge is 0.396 e. The number of aryl methyl sites for hydroxylation is 1. The second kappa shape index (κ2) is 6.29. The molecule has 1 aromatic rings. The van der Waals surface area contributed by atoms with E-state index in [2.05, 4.69) is 20.7 Å². The Labute approximate surface area is 114 Å². The Hall–Kier alpha value is 0.0500. The molecule has 0 aliphatic carbocycles. The van der Waals surface area contributed by atoms with Gasteiger partial charge in [0, 0.05) is 13.2 Å². The lowest BCUT2D eigenvalue weighted by Gasteiger charge is -2.10. The highest BCUT2D eigenvalue weighted by molar-refractivity contribution is 9.11. The molecule has 0 saturated heterocycles. The molecule has 0 aromatic carbocycles. The molecule has 7 heteroatoms. The zero-order valence-electron chi connectivity index (χ0n) is 9.73. The van der Waals surface area contributed by atoms with E-state index in [0.29, 0.717) is 17.2 Å². The molecule has 1 unspecified atom stereocenters. The third kappa shape index (κ3) is 4.33. The summed E-state index contributed by atoms with van der Waals surface area (Å²) in [4.78, 5) is 0. The second-order valence-electron chi connectivity index (χ2n) is 3.99. The lowest BCUT2D eigenvalue weighted by atomic mass is 10.1. The third-order valence-electron chi connectivity index (χ3n) is 2.34. The molecular weight excluding hydrogens is 326 g/mol. The molecule has 0 fully saturated rings. The first-order chi connectivity index (χ1) is 7.86. The van der Waals surface area contributed by atoms with Crippen molar-refractivity contribution in [1.82, 2.24) is 4.72 Å². The molecule has 0 saturated carbocycles. The van der Waals surface area contributed by atoms with E-state index in [1.807, 2.05) is 13.8 Å². The summed E-state index contributed by atoms with van der Waals surface area (Å²) >= 11 is 4.51. The van der Waals surface area contributed by atoms with Crippen LogP contribution in [0.3, 0.4) is 0 Å². The number of aliphatic hydroxyl groups is 1. The van der Waals surface area contributed by atoms with E-state index in [1.165, 1.54) is 11.3 Å². The van der Waals surface area contributed by atoms with Crippen LogP contribution >= 0.6 is 27.3 Å². The van der Waals surface area contributed by atoms with Crippen LogP contribution < -0.4 is 4.72 Å². The van der Waals surface area contributed by atoms with Gasteiger partial charge in [-0.3, -0.25) is 0 Å². The van der Waals surface area contributed by atoms with Crippen LogP contribution in [0.1, 0.15) is 18.9 Å². The average Bonchev–Trinajstić information content (AvgIpc) is 2.58. The number of aliphatic hydroxyl groups excluding tert-OH is 1. The van der Waals surface area contributed by atoms with Crippen molar-refractivity contribution in [2.45, 2.75) is 24.5 Å². The number of halogens is 1. The van der Waals surface area contributed by atoms with E-state index < -0.39 is 10.0 Å². The van der Waals surface area contributed by atoms with E-state index in [1.54, 1.807) is 6.07 Å². The lowest BCUT2D eigenvalue weighted by Crippen LogP contribution is -2.28. The Morgan fingerprint density at radius 3 is 2.71 bits per heavy atom. The van der Waals surface area contributed by atoms with Crippen molar-refractivity contribution < 1.29 is 13.5 Å². The van der Waals surface area contributed by atoms with E-state index >= 15 is 0 Å². The molecule has 1 rings (SSSR count). The Kier molecular flexibility index (Phi) is 5.59. The summed E-state index contributed by atoms with van der Waals surface area (Å²) in [5.41, 5.74) is 0.916. The Balaban J connectivity index is 2.69. The van der Waals surface area contributed by atoms with E-state index in [0.717, 1.165) is 9.35 Å². The number of nitrogens with one attached hydrogen (secondary N) is 1. The quantitative estimate of drug-likeness (QED) is 0.832. The van der Waals surface area contributed by atoms with Gasteiger partial charge < -0.3 is 5.11 Å². The van der Waals surface area contributed by atoms with Gasteiger partial charge in [-0.05, 0) is 46.8 Å². The summed E-state index contributed by atoms with van der Waals surface area (Å²) in [6.07, 6.45) is 0.593. The van der Waals surface area contributed by atoms with Gasteiger partial charge in [-0.15, -0.1) is 11.3 Å². The van der Waals surface area contributed by atoms with Gasteiger partial charge in [0.05, 0.1) is 3.79 Å². The molecule has 4 nitrogen and oxygen atoms in total. The molecule has 0 amide bonds. The molecule has 0 spiro atoms. The highest BCUT2D eigenvalue weighted by atomic mass is 79.9. The van der Waals surface area contributed by atoms with Gasteiger partial charge in [-0.1, -0.05) is 6.92 Å². The first-order valence-corrected chi connectivity index (χ1v) is 8.32. The van der Waals surface area contributed by atoms with Gasteiger partial charge in [0.2, 0.25) is 10.0 Å². The Morgan fingerprint density at radius 2 is 2.24 bits per heavy atom. The minimum absolute atomic E-state index is 0.0759. The SMILES string of the molecule is Cc1cc(S(=O)(=O)NCC(C)CCO)sc1Br. The van der Waals surface area contributed by atoms with Crippen molar-refractivity contribution in [2.75, 3.05) is 13.2 Å². The molecule has 1 heterocycles. The normalized spacial score (nSPS) is 13.9. The summed E-state index contributed by atoms with van der Waals surface area (Å²) in [6, 6.07) is 1.65. The van der Waals surface area contributed by atoms with Crippen LogP contribution in [0.15, 0.2) is 14.1 Å². The van der Waals surface area contributed by atoms with Crippen molar-refractivity contribution in [1.29, 1.82) is 0 Å². The van der Waals surface area contributed by atoms with Crippen molar-refractivity contribution in [3.63, 3.8) is 0 Å². The van der Waals surface area contributed by atoms with Gasteiger partial charge in [0.15, 0.2) is 0 Å². The van der Waals surface area contributed by atoms with Crippen LogP contribution in [-0.4, -0.2) is 26.7 Å². The summed E-state index contributed by atoms with van der Waals surface area (Å²) in [5, 5.41) is 8.74. The first kappa shape index (κ1) is 15.1. The maximum absolute atomic E-state index is 11.9. The number of hydrogen-bond donors (Lipinski definition) is 2. The maximum atomic E-state index is 11.9. The van der Waals surface area contributed by atoms with Gasteiger partial charge in [-0.2, -0.15) is 0 Å². The molecule has 0 aliphatic rings. The van der Waals surface area contributed by atoms with Crippen molar-refractivity contribution in [3.05, 3.63) is 15.4 Å². The molecule has 2 N–H and O–H groups in total. The number of hydrogen-bond acceptors (Lipinski definition) is 4. The fraction of sp³-hybridized carbons (Fsp3) is 0.600. The van der Waals surface area contributed by atoms with Gasteiger partial charge >= 0.3 is 0 Å². The minimum atomic E-state index is -3.42. The fourth-order valence-electron chi connectivity index (χ4n) is 1.21. The first-order valence-electron chi connectivity index (χ1n) is 5.23. The zero-order valence-corrected chi connectivity index (χ0v) is 13.0. The smallest absolute Gasteiger partial charge is 0.250 e. The molecule has 0 radical (unpaired) electrons. The van der Waals surface area contributed by atoms with E-state index in [9.17, 15) is 8.42 Å². The van der Waals surface area contributed by atoms with Crippen LogP contribution in [0, 0.1) is 12.8 Å². The Bertz CT molecular complexity index is 450. The number of thiophene rings is 1. The topological polar surface area (TPSA) is 66.4 Å². The van der Waals surface area contributed by atoms with E-state index in [-0.39, 0.29) is 12.5 Å². The predicted octanol–water partition coefficient (Wildman–Crippen LogP) is 2.12. The molecule has 17 heavy (non-hydrogen) atoms. The standard InChI is InChI=1S/C10H16BrNO3S2/c1-7(3-4-13)6-12-17(14,15)9-5-8(2)10(11)16-9/h5,7,12-13H,3-4,6H2,1-2H3. The van der Waals surface area contributed by atoms with Crippen molar-refractivity contribution in [3.8, 4) is 0 Å². The minimum Gasteiger partial charge on any atom is -0.396 e. The molecule has 1 atom stereocenters. The highest BCUT2D eigenvalue weighted by Crippen LogP contribution is 2.30. The van der Waals surface area contributed by atoms with Crippen molar-refractivity contribution in [2.24, 2.45) is 5.92 Å². The summed E-state index contributed by atoms with van der Waals surface area (Å²) in [7, 11) is -3.42. The van der Waals surface area contributed by atoms with Gasteiger partial charge in [0.1, 0.15) is 4.21 Å². The number of sulfonamides is 1. The number of rotatable bonds is 6. The molecule has 98 valence electrons. The lowest BCUT2D eigenvalue weighted by molar-refractivity contribution is 0.263. The van der Waals surface area contributed by atoms with Gasteiger partial charge in [-0.25, -0.2) is 13.1 Å². The molecular formula is C10H16BrNO3S2. The van der Waals surface area contributed by atoms with E-state index in [4.69, 9.17) is 5.11 Å². The predicted molar refractivity (Wildman–Crippen MR) is 72.8 cm³/mol. The highest BCUT2D eigenvalue weighted by Gasteiger charge is 2.18. The summed E-state index contributed by atoms with van der Waals surface area (Å²) in [6.45, 7) is 4.17. The summed E-state index contributed by atoms with van der Waals surface area (Å²) in [5.74, 6) is 0.124. The Morgan fingerprint density at radius 1 is 1.59 bits per heavy atom. The van der Waals surface area contributed by atoms with Crippen molar-refractivity contribution >= 4 is 37.3 Å². The van der Waals surface area contributed by atoms with Crippen LogP contribution in [-0.2, 0) is 10.0 Å².